The molecule has 2 saturated heterocycles. The summed E-state index contributed by atoms with van der Waals surface area (Å²) in [6.45, 7) is 8.52. The first-order chi connectivity index (χ1) is 16.3. The zero-order valence-corrected chi connectivity index (χ0v) is 20.3. The number of benzene rings is 1. The van der Waals surface area contributed by atoms with E-state index in [1.54, 1.807) is 13.2 Å². The van der Waals surface area contributed by atoms with Crippen LogP contribution in [0.5, 0.6) is 0 Å². The van der Waals surface area contributed by atoms with Gasteiger partial charge < -0.3 is 29.1 Å². The van der Waals surface area contributed by atoms with Gasteiger partial charge in [-0.25, -0.2) is 9.59 Å². The summed E-state index contributed by atoms with van der Waals surface area (Å²) in [5, 5.41) is 11.0. The SMILES string of the molecule is CO[C@@H]1CN(C2=C(C)C(=O)OC2)CCC12CCN(CC(O)c1ccc3c(c1C)COC3=O)CC2. The van der Waals surface area contributed by atoms with Crippen LogP contribution in [-0.4, -0.2) is 79.4 Å². The topological polar surface area (TPSA) is 88.5 Å². The minimum atomic E-state index is -0.607. The van der Waals surface area contributed by atoms with Gasteiger partial charge in [-0.1, -0.05) is 6.07 Å². The Morgan fingerprint density at radius 2 is 1.79 bits per heavy atom. The fourth-order valence-corrected chi connectivity index (χ4v) is 6.19. The number of aliphatic hydroxyl groups is 1. The molecular weight excluding hydrogens is 436 g/mol. The van der Waals surface area contributed by atoms with Gasteiger partial charge >= 0.3 is 11.9 Å². The molecule has 0 aromatic heterocycles. The van der Waals surface area contributed by atoms with E-state index in [1.165, 1.54) is 0 Å². The summed E-state index contributed by atoms with van der Waals surface area (Å²) >= 11 is 0. The maximum absolute atomic E-state index is 11.8. The number of rotatable bonds is 5. The Morgan fingerprint density at radius 3 is 2.47 bits per heavy atom. The van der Waals surface area contributed by atoms with E-state index in [1.807, 2.05) is 19.9 Å². The highest BCUT2D eigenvalue weighted by Crippen LogP contribution is 2.44. The van der Waals surface area contributed by atoms with Crippen LogP contribution in [0.3, 0.4) is 0 Å². The molecule has 0 radical (unpaired) electrons. The number of nitrogens with zero attached hydrogens (tertiary/aromatic N) is 2. The van der Waals surface area contributed by atoms with Crippen LogP contribution in [0.15, 0.2) is 23.4 Å². The van der Waals surface area contributed by atoms with Crippen molar-refractivity contribution in [2.24, 2.45) is 5.41 Å². The third-order valence-electron chi connectivity index (χ3n) is 8.54. The molecule has 1 N–H and O–H groups in total. The van der Waals surface area contributed by atoms with Gasteiger partial charge in [-0.3, -0.25) is 0 Å². The molecule has 1 unspecified atom stereocenters. The van der Waals surface area contributed by atoms with Crippen molar-refractivity contribution < 1.29 is 28.9 Å². The van der Waals surface area contributed by atoms with E-state index in [9.17, 15) is 14.7 Å². The predicted molar refractivity (Wildman–Crippen MR) is 124 cm³/mol. The molecule has 184 valence electrons. The maximum atomic E-state index is 11.8. The molecule has 0 amide bonds. The van der Waals surface area contributed by atoms with E-state index < -0.39 is 6.10 Å². The molecule has 1 aromatic rings. The molecule has 2 fully saturated rings. The maximum Gasteiger partial charge on any atom is 0.338 e. The number of esters is 2. The molecule has 0 saturated carbocycles. The fourth-order valence-electron chi connectivity index (χ4n) is 6.19. The standard InChI is InChI=1S/C26H34N2O6/c1-16-18(4-5-19-20(16)14-33-25(19)31)22(29)12-27-9-6-26(7-10-27)8-11-28(13-23(26)32-3)21-15-34-24(30)17(21)2/h4-5,22-23,29H,6-15H2,1-3H3/t22?,23-/m1/s1. The lowest BCUT2D eigenvalue weighted by Gasteiger charge is -2.51. The Balaban J connectivity index is 1.21. The average Bonchev–Trinajstić information content (AvgIpc) is 3.38. The van der Waals surface area contributed by atoms with E-state index in [-0.39, 0.29) is 23.5 Å². The average molecular weight is 471 g/mol. The molecule has 8 heteroatoms. The lowest BCUT2D eigenvalue weighted by Crippen LogP contribution is -2.56. The van der Waals surface area contributed by atoms with E-state index in [4.69, 9.17) is 14.2 Å². The van der Waals surface area contributed by atoms with Crippen molar-refractivity contribution in [3.63, 3.8) is 0 Å². The van der Waals surface area contributed by atoms with E-state index >= 15 is 0 Å². The van der Waals surface area contributed by atoms with Gasteiger partial charge in [0.2, 0.25) is 0 Å². The van der Waals surface area contributed by atoms with Crippen molar-refractivity contribution in [3.05, 3.63) is 45.7 Å². The molecular formula is C26H34N2O6. The van der Waals surface area contributed by atoms with Gasteiger partial charge in [-0.2, -0.15) is 0 Å². The molecule has 1 aromatic carbocycles. The Labute approximate surface area is 200 Å². The van der Waals surface area contributed by atoms with Crippen molar-refractivity contribution in [1.29, 1.82) is 0 Å². The third kappa shape index (κ3) is 3.91. The highest BCUT2D eigenvalue weighted by atomic mass is 16.5. The predicted octanol–water partition coefficient (Wildman–Crippen LogP) is 2.33. The summed E-state index contributed by atoms with van der Waals surface area (Å²) in [6, 6.07) is 3.64. The van der Waals surface area contributed by atoms with Gasteiger partial charge in [-0.15, -0.1) is 0 Å². The Bertz CT molecular complexity index is 1030. The molecule has 34 heavy (non-hydrogen) atoms. The van der Waals surface area contributed by atoms with Crippen molar-refractivity contribution in [1.82, 2.24) is 9.80 Å². The quantitative estimate of drug-likeness (QED) is 0.656. The zero-order chi connectivity index (χ0) is 24.0. The van der Waals surface area contributed by atoms with Crippen molar-refractivity contribution in [2.45, 2.75) is 51.9 Å². The van der Waals surface area contributed by atoms with Crippen LogP contribution < -0.4 is 0 Å². The van der Waals surface area contributed by atoms with Crippen LogP contribution in [0.25, 0.3) is 0 Å². The molecule has 1 spiro atoms. The van der Waals surface area contributed by atoms with Gasteiger partial charge in [0.1, 0.15) is 13.2 Å². The number of hydrogen-bond acceptors (Lipinski definition) is 8. The van der Waals surface area contributed by atoms with E-state index in [0.717, 1.165) is 67.8 Å². The first-order valence-electron chi connectivity index (χ1n) is 12.2. The summed E-state index contributed by atoms with van der Waals surface area (Å²) in [5.74, 6) is -0.494. The molecule has 0 aliphatic carbocycles. The van der Waals surface area contributed by atoms with Crippen molar-refractivity contribution >= 4 is 11.9 Å². The van der Waals surface area contributed by atoms with Crippen LogP contribution in [0, 0.1) is 12.3 Å². The number of carbonyl (C=O) groups excluding carboxylic acids is 2. The number of ether oxygens (including phenoxy) is 3. The van der Waals surface area contributed by atoms with Crippen LogP contribution in [0.1, 0.15) is 59.3 Å². The second-order valence-electron chi connectivity index (χ2n) is 10.1. The monoisotopic (exact) mass is 470 g/mol. The fraction of sp³-hybridized carbons (Fsp3) is 0.615. The van der Waals surface area contributed by atoms with E-state index in [2.05, 4.69) is 9.80 Å². The number of hydrogen-bond donors (Lipinski definition) is 1. The number of piperidine rings is 2. The first kappa shape index (κ1) is 23.3. The normalized spacial score (nSPS) is 25.5. The smallest absolute Gasteiger partial charge is 0.338 e. The minimum Gasteiger partial charge on any atom is -0.457 e. The number of β-amino-alcohol motifs (C(OH)–C–C–N with tert-alkyl or cyclic N) is 1. The molecule has 2 atom stereocenters. The molecule has 8 nitrogen and oxygen atoms in total. The molecule has 4 aliphatic rings. The highest BCUT2D eigenvalue weighted by molar-refractivity contribution is 5.94. The lowest BCUT2D eigenvalue weighted by atomic mass is 9.69. The number of likely N-dealkylation sites (tertiary alicyclic amines) is 2. The van der Waals surface area contributed by atoms with E-state index in [0.29, 0.717) is 30.9 Å². The second-order valence-corrected chi connectivity index (χ2v) is 10.1. The summed E-state index contributed by atoms with van der Waals surface area (Å²) in [4.78, 5) is 28.2. The summed E-state index contributed by atoms with van der Waals surface area (Å²) in [5.41, 5.74) is 5.17. The summed E-state index contributed by atoms with van der Waals surface area (Å²) in [7, 11) is 1.79. The van der Waals surface area contributed by atoms with Crippen LogP contribution in [0.4, 0.5) is 0 Å². The minimum absolute atomic E-state index is 0.0980. The van der Waals surface area contributed by atoms with Crippen molar-refractivity contribution in [2.75, 3.05) is 46.4 Å². The summed E-state index contributed by atoms with van der Waals surface area (Å²) < 4.78 is 16.4. The van der Waals surface area contributed by atoms with Gasteiger partial charge in [0.05, 0.1) is 29.0 Å². The second kappa shape index (κ2) is 8.98. The lowest BCUT2D eigenvalue weighted by molar-refractivity contribution is -0.136. The first-order valence-corrected chi connectivity index (χ1v) is 12.2. The molecule has 5 rings (SSSR count). The molecule has 4 heterocycles. The number of fused-ring (bicyclic) bond motifs is 1. The van der Waals surface area contributed by atoms with Gasteiger partial charge in [0, 0.05) is 37.7 Å². The van der Waals surface area contributed by atoms with Crippen LogP contribution in [0.2, 0.25) is 0 Å². The third-order valence-corrected chi connectivity index (χ3v) is 8.54. The van der Waals surface area contributed by atoms with Crippen molar-refractivity contribution in [3.8, 4) is 0 Å². The Morgan fingerprint density at radius 1 is 1.09 bits per heavy atom. The zero-order valence-electron chi connectivity index (χ0n) is 20.3. The molecule has 4 aliphatic heterocycles. The number of aliphatic hydroxyl groups excluding tert-OH is 1. The van der Waals surface area contributed by atoms with Crippen LogP contribution >= 0.6 is 0 Å². The van der Waals surface area contributed by atoms with Gasteiger partial charge in [-0.05, 0) is 63.4 Å². The number of cyclic esters (lactones) is 2. The Hall–Kier alpha value is -2.42. The highest BCUT2D eigenvalue weighted by Gasteiger charge is 2.46. The van der Waals surface area contributed by atoms with Gasteiger partial charge in [0.25, 0.3) is 0 Å². The Kier molecular flexibility index (Phi) is 6.16. The van der Waals surface area contributed by atoms with Crippen LogP contribution in [-0.2, 0) is 25.6 Å². The largest absolute Gasteiger partial charge is 0.457 e. The number of carbonyl (C=O) groups is 2. The summed E-state index contributed by atoms with van der Waals surface area (Å²) in [6.07, 6.45) is 2.55. The number of methoxy groups -OCH3 is 1. The van der Waals surface area contributed by atoms with Gasteiger partial charge in [0.15, 0.2) is 0 Å². The molecule has 0 bridgehead atoms.